The molecule has 0 aliphatic heterocycles. The number of aliphatic imine (C=N–C) groups is 1. The van der Waals surface area contributed by atoms with Crippen molar-refractivity contribution in [2.75, 3.05) is 27.2 Å². The van der Waals surface area contributed by atoms with Crippen molar-refractivity contribution < 1.29 is 4.74 Å². The van der Waals surface area contributed by atoms with Crippen LogP contribution in [0.3, 0.4) is 0 Å². The Morgan fingerprint density at radius 3 is 2.95 bits per heavy atom. The minimum Gasteiger partial charge on any atom is -0.375 e. The number of nitrogens with one attached hydrogen (secondary N) is 1. The second kappa shape index (κ2) is 10.8. The predicted molar refractivity (Wildman–Crippen MR) is 99.2 cm³/mol. The third-order valence-electron chi connectivity index (χ3n) is 2.69. The van der Waals surface area contributed by atoms with Crippen LogP contribution in [0, 0.1) is 12.3 Å². The Bertz CT molecular complexity index is 484. The van der Waals surface area contributed by atoms with E-state index in [1.54, 1.807) is 18.4 Å². The maximum Gasteiger partial charge on any atom is 0.194 e. The molecule has 0 radical (unpaired) electrons. The molecule has 1 rings (SSSR count). The van der Waals surface area contributed by atoms with Crippen LogP contribution in [0.4, 0.5) is 0 Å². The molecule has 1 atom stereocenters. The van der Waals surface area contributed by atoms with Gasteiger partial charge < -0.3 is 15.0 Å². The van der Waals surface area contributed by atoms with E-state index < -0.39 is 0 Å². The topological polar surface area (TPSA) is 49.8 Å². The van der Waals surface area contributed by atoms with Crippen molar-refractivity contribution in [2.24, 2.45) is 4.99 Å². The summed E-state index contributed by atoms with van der Waals surface area (Å²) in [5, 5.41) is 6.24. The number of aromatic nitrogens is 1. The molecule has 1 heterocycles. The molecule has 7 heteroatoms. The van der Waals surface area contributed by atoms with Gasteiger partial charge in [0.15, 0.2) is 5.96 Å². The van der Waals surface area contributed by atoms with Gasteiger partial charge in [-0.1, -0.05) is 5.92 Å². The van der Waals surface area contributed by atoms with Crippen molar-refractivity contribution >= 4 is 41.3 Å². The fraction of sp³-hybridized carbons (Fsp3) is 0.571. The van der Waals surface area contributed by atoms with Gasteiger partial charge >= 0.3 is 0 Å². The summed E-state index contributed by atoms with van der Waals surface area (Å²) in [5.74, 6) is 3.31. The van der Waals surface area contributed by atoms with Crippen molar-refractivity contribution in [2.45, 2.75) is 26.5 Å². The number of methoxy groups -OCH3 is 1. The Morgan fingerprint density at radius 2 is 2.38 bits per heavy atom. The highest BCUT2D eigenvalue weighted by Gasteiger charge is 2.12. The SMILES string of the molecule is C#CCN=C(NCC)N(C)Cc1csc(C(C)OC)n1.I. The molecule has 0 aliphatic carbocycles. The van der Waals surface area contributed by atoms with Crippen LogP contribution in [0.2, 0.25) is 0 Å². The number of hydrogen-bond acceptors (Lipinski definition) is 4. The average Bonchev–Trinajstić information content (AvgIpc) is 2.90. The molecule has 21 heavy (non-hydrogen) atoms. The number of guanidine groups is 1. The number of nitrogens with zero attached hydrogens (tertiary/aromatic N) is 3. The van der Waals surface area contributed by atoms with E-state index in [1.807, 2.05) is 31.2 Å². The van der Waals surface area contributed by atoms with Crippen molar-refractivity contribution in [3.8, 4) is 12.3 Å². The van der Waals surface area contributed by atoms with Crippen LogP contribution in [-0.2, 0) is 11.3 Å². The number of halogens is 1. The lowest BCUT2D eigenvalue weighted by Gasteiger charge is -2.20. The first-order chi connectivity index (χ1) is 9.62. The standard InChI is InChI=1S/C14H22N4OS.HI/c1-6-8-16-14(15-7-2)18(4)9-12-10-20-13(17-12)11(3)19-5;/h1,10-11H,7-9H2,2-5H3,(H,15,16);1H. The molecule has 1 N–H and O–H groups in total. The highest BCUT2D eigenvalue weighted by Crippen LogP contribution is 2.20. The number of rotatable bonds is 6. The van der Waals surface area contributed by atoms with Crippen molar-refractivity contribution in [1.29, 1.82) is 0 Å². The van der Waals surface area contributed by atoms with Gasteiger partial charge in [0.25, 0.3) is 0 Å². The molecule has 0 aromatic carbocycles. The molecule has 5 nitrogen and oxygen atoms in total. The van der Waals surface area contributed by atoms with Crippen LogP contribution in [0.5, 0.6) is 0 Å². The zero-order valence-electron chi connectivity index (χ0n) is 12.9. The average molecular weight is 422 g/mol. The van der Waals surface area contributed by atoms with E-state index in [-0.39, 0.29) is 30.1 Å². The molecular formula is C14H23IN4OS. The lowest BCUT2D eigenvalue weighted by Crippen LogP contribution is -2.38. The van der Waals surface area contributed by atoms with Crippen LogP contribution < -0.4 is 5.32 Å². The molecule has 0 aliphatic rings. The van der Waals surface area contributed by atoms with E-state index in [9.17, 15) is 0 Å². The minimum atomic E-state index is 0. The first-order valence-electron chi connectivity index (χ1n) is 6.52. The fourth-order valence-corrected chi connectivity index (χ4v) is 2.43. The minimum absolute atomic E-state index is 0. The van der Waals surface area contributed by atoms with Crippen LogP contribution in [0.25, 0.3) is 0 Å². The summed E-state index contributed by atoms with van der Waals surface area (Å²) in [4.78, 5) is 10.9. The van der Waals surface area contributed by atoms with Gasteiger partial charge in [0.2, 0.25) is 0 Å². The van der Waals surface area contributed by atoms with E-state index in [0.29, 0.717) is 13.1 Å². The van der Waals surface area contributed by atoms with E-state index in [4.69, 9.17) is 11.2 Å². The summed E-state index contributed by atoms with van der Waals surface area (Å²) in [7, 11) is 3.66. The van der Waals surface area contributed by atoms with Gasteiger partial charge in [-0.15, -0.1) is 41.7 Å². The Hall–Kier alpha value is -0.850. The third-order valence-corrected chi connectivity index (χ3v) is 3.74. The lowest BCUT2D eigenvalue weighted by atomic mass is 10.4. The molecule has 0 bridgehead atoms. The monoisotopic (exact) mass is 422 g/mol. The number of hydrogen-bond donors (Lipinski definition) is 1. The molecule has 0 amide bonds. The molecule has 1 unspecified atom stereocenters. The predicted octanol–water partition coefficient (Wildman–Crippen LogP) is 2.50. The van der Waals surface area contributed by atoms with Gasteiger partial charge in [-0.2, -0.15) is 0 Å². The third kappa shape index (κ3) is 6.63. The molecule has 0 saturated carbocycles. The van der Waals surface area contributed by atoms with Crippen LogP contribution in [0.15, 0.2) is 10.4 Å². The van der Waals surface area contributed by atoms with Gasteiger partial charge in [0.05, 0.1) is 12.2 Å². The second-order valence-electron chi connectivity index (χ2n) is 4.29. The highest BCUT2D eigenvalue weighted by molar-refractivity contribution is 14.0. The smallest absolute Gasteiger partial charge is 0.194 e. The van der Waals surface area contributed by atoms with E-state index in [0.717, 1.165) is 23.2 Å². The van der Waals surface area contributed by atoms with Gasteiger partial charge in [-0.05, 0) is 13.8 Å². The Labute approximate surface area is 148 Å². The quantitative estimate of drug-likeness (QED) is 0.331. The van der Waals surface area contributed by atoms with Gasteiger partial charge in [-0.25, -0.2) is 9.98 Å². The molecule has 118 valence electrons. The summed E-state index contributed by atoms with van der Waals surface area (Å²) >= 11 is 1.61. The number of terminal acetylenes is 1. The van der Waals surface area contributed by atoms with Gasteiger partial charge in [-0.3, -0.25) is 0 Å². The summed E-state index contributed by atoms with van der Waals surface area (Å²) < 4.78 is 5.27. The van der Waals surface area contributed by atoms with E-state index in [1.165, 1.54) is 0 Å². The Balaban J connectivity index is 0.00000400. The Kier molecular flexibility index (Phi) is 10.4. The molecule has 0 fully saturated rings. The molecule has 0 saturated heterocycles. The Morgan fingerprint density at radius 1 is 1.67 bits per heavy atom. The highest BCUT2D eigenvalue weighted by atomic mass is 127. The lowest BCUT2D eigenvalue weighted by molar-refractivity contribution is 0.119. The summed E-state index contributed by atoms with van der Waals surface area (Å²) in [6, 6.07) is 0. The summed E-state index contributed by atoms with van der Waals surface area (Å²) in [5.41, 5.74) is 1.00. The van der Waals surface area contributed by atoms with Crippen LogP contribution in [-0.4, -0.2) is 43.1 Å². The fourth-order valence-electron chi connectivity index (χ4n) is 1.59. The molecule has 0 spiro atoms. The zero-order valence-corrected chi connectivity index (χ0v) is 16.1. The van der Waals surface area contributed by atoms with Crippen LogP contribution >= 0.6 is 35.3 Å². The molecule has 1 aromatic rings. The number of thiazole rings is 1. The van der Waals surface area contributed by atoms with Gasteiger partial charge in [0, 0.05) is 26.1 Å². The zero-order chi connectivity index (χ0) is 15.0. The van der Waals surface area contributed by atoms with Crippen molar-refractivity contribution in [3.63, 3.8) is 0 Å². The molecular weight excluding hydrogens is 399 g/mol. The van der Waals surface area contributed by atoms with E-state index >= 15 is 0 Å². The maximum absolute atomic E-state index is 5.27. The van der Waals surface area contributed by atoms with Crippen molar-refractivity contribution in [3.05, 3.63) is 16.1 Å². The maximum atomic E-state index is 5.27. The van der Waals surface area contributed by atoms with Crippen molar-refractivity contribution in [1.82, 2.24) is 15.2 Å². The normalized spacial score (nSPS) is 12.2. The summed E-state index contributed by atoms with van der Waals surface area (Å²) in [6.07, 6.45) is 5.28. The first-order valence-corrected chi connectivity index (χ1v) is 7.40. The van der Waals surface area contributed by atoms with Crippen LogP contribution in [0.1, 0.15) is 30.7 Å². The van der Waals surface area contributed by atoms with Gasteiger partial charge in [0.1, 0.15) is 17.7 Å². The summed E-state index contributed by atoms with van der Waals surface area (Å²) in [6.45, 7) is 5.88. The largest absolute Gasteiger partial charge is 0.375 e. The van der Waals surface area contributed by atoms with E-state index in [2.05, 4.69) is 21.2 Å². The number of ether oxygens (including phenoxy) is 1. The second-order valence-corrected chi connectivity index (χ2v) is 5.18. The molecule has 1 aromatic heterocycles. The first kappa shape index (κ1) is 20.1.